The summed E-state index contributed by atoms with van der Waals surface area (Å²) in [5, 5.41) is 0.784. The molecule has 0 unspecified atom stereocenters. The lowest BCUT2D eigenvalue weighted by atomic mass is 9.43. The molecule has 3 nitrogen and oxygen atoms in total. The van der Waals surface area contributed by atoms with Gasteiger partial charge in [0, 0.05) is 29.9 Å². The minimum absolute atomic E-state index is 0.0212. The topological polar surface area (TPSA) is 29.5 Å². The molecule has 1 aromatic carbocycles. The maximum absolute atomic E-state index is 13.3. The fraction of sp³-hybridized carbons (Fsp3) is 0.682. The van der Waals surface area contributed by atoms with E-state index in [-0.39, 0.29) is 5.41 Å². The number of carbonyl (C=O) groups is 1. The van der Waals surface area contributed by atoms with Crippen LogP contribution in [0.1, 0.15) is 44.1 Å². The van der Waals surface area contributed by atoms with Crippen LogP contribution in [0.5, 0.6) is 0 Å². The van der Waals surface area contributed by atoms with Crippen LogP contribution >= 0.6 is 11.6 Å². The average Bonchev–Trinajstić information content (AvgIpc) is 2.65. The van der Waals surface area contributed by atoms with E-state index in [2.05, 4.69) is 12.1 Å². The molecule has 4 saturated carbocycles. The van der Waals surface area contributed by atoms with Gasteiger partial charge in [0.15, 0.2) is 0 Å². The Labute approximate surface area is 161 Å². The molecule has 0 aromatic heterocycles. The zero-order chi connectivity index (χ0) is 17.7. The number of benzene rings is 1. The van der Waals surface area contributed by atoms with Crippen LogP contribution in [-0.2, 0) is 14.9 Å². The van der Waals surface area contributed by atoms with Gasteiger partial charge in [0.25, 0.3) is 0 Å². The van der Waals surface area contributed by atoms with Gasteiger partial charge in [0.2, 0.25) is 5.91 Å². The van der Waals surface area contributed by atoms with Gasteiger partial charge in [0.05, 0.1) is 13.2 Å². The highest BCUT2D eigenvalue weighted by molar-refractivity contribution is 6.30. The van der Waals surface area contributed by atoms with Crippen molar-refractivity contribution in [2.45, 2.75) is 43.9 Å². The van der Waals surface area contributed by atoms with E-state index in [9.17, 15) is 4.79 Å². The number of rotatable bonds is 3. The molecule has 1 saturated heterocycles. The van der Waals surface area contributed by atoms with E-state index >= 15 is 0 Å². The fourth-order valence-corrected chi connectivity index (χ4v) is 6.95. The van der Waals surface area contributed by atoms with E-state index in [1.165, 1.54) is 37.7 Å². The number of hydrogen-bond donors (Lipinski definition) is 0. The van der Waals surface area contributed by atoms with Crippen molar-refractivity contribution in [3.05, 3.63) is 34.9 Å². The maximum Gasteiger partial charge on any atom is 0.223 e. The summed E-state index contributed by atoms with van der Waals surface area (Å²) in [6.07, 6.45) is 7.35. The van der Waals surface area contributed by atoms with Gasteiger partial charge in [-0.1, -0.05) is 23.7 Å². The van der Waals surface area contributed by atoms with Crippen LogP contribution < -0.4 is 0 Å². The highest BCUT2D eigenvalue weighted by atomic mass is 35.5. The summed E-state index contributed by atoms with van der Waals surface area (Å²) < 4.78 is 5.45. The van der Waals surface area contributed by atoms with E-state index in [4.69, 9.17) is 16.3 Å². The first-order valence-corrected chi connectivity index (χ1v) is 10.6. The molecule has 0 atom stereocenters. The summed E-state index contributed by atoms with van der Waals surface area (Å²) in [6.45, 7) is 2.85. The van der Waals surface area contributed by atoms with Crippen LogP contribution in [-0.4, -0.2) is 37.1 Å². The summed E-state index contributed by atoms with van der Waals surface area (Å²) in [5.74, 6) is 3.44. The highest BCUT2D eigenvalue weighted by Crippen LogP contribution is 2.64. The van der Waals surface area contributed by atoms with Gasteiger partial charge < -0.3 is 9.64 Å². The van der Waals surface area contributed by atoms with Gasteiger partial charge in [-0.2, -0.15) is 0 Å². The number of amides is 1. The van der Waals surface area contributed by atoms with Crippen molar-refractivity contribution in [3.8, 4) is 0 Å². The second-order valence-electron chi connectivity index (χ2n) is 9.02. The zero-order valence-electron chi connectivity index (χ0n) is 15.3. The quantitative estimate of drug-likeness (QED) is 0.791. The molecule has 0 radical (unpaired) electrons. The van der Waals surface area contributed by atoms with Gasteiger partial charge in [-0.15, -0.1) is 0 Å². The molecule has 0 spiro atoms. The van der Waals surface area contributed by atoms with E-state index in [1.54, 1.807) is 0 Å². The molecular formula is C22H28ClNO2. The Morgan fingerprint density at radius 3 is 2.15 bits per heavy atom. The zero-order valence-corrected chi connectivity index (χ0v) is 16.1. The molecule has 1 aliphatic heterocycles. The van der Waals surface area contributed by atoms with Crippen LogP contribution in [0.4, 0.5) is 0 Å². The van der Waals surface area contributed by atoms with Crippen molar-refractivity contribution in [1.29, 1.82) is 0 Å². The van der Waals surface area contributed by atoms with Gasteiger partial charge >= 0.3 is 0 Å². The lowest BCUT2D eigenvalue weighted by Crippen LogP contribution is -2.57. The largest absolute Gasteiger partial charge is 0.378 e. The lowest BCUT2D eigenvalue weighted by molar-refractivity contribution is -0.142. The molecule has 1 aromatic rings. The fourth-order valence-electron chi connectivity index (χ4n) is 6.82. The Bertz CT molecular complexity index is 652. The Kier molecular flexibility index (Phi) is 4.28. The molecule has 0 N–H and O–H groups in total. The van der Waals surface area contributed by atoms with Gasteiger partial charge in [-0.05, 0) is 73.5 Å². The van der Waals surface area contributed by atoms with Crippen molar-refractivity contribution in [3.63, 3.8) is 0 Å². The van der Waals surface area contributed by atoms with Crippen molar-refractivity contribution < 1.29 is 9.53 Å². The number of ether oxygens (including phenoxy) is 1. The number of halogens is 1. The minimum atomic E-state index is 0.0212. The lowest BCUT2D eigenvalue weighted by Gasteiger charge is -2.61. The monoisotopic (exact) mass is 373 g/mol. The SMILES string of the molecule is O=C(CC1(c2ccc(Cl)cc2)C2CC3CC(C2)CC1C3)N1CCOCC1. The van der Waals surface area contributed by atoms with E-state index in [0.717, 1.165) is 29.9 Å². The predicted molar refractivity (Wildman–Crippen MR) is 102 cm³/mol. The van der Waals surface area contributed by atoms with E-state index in [1.807, 2.05) is 17.0 Å². The molecule has 1 amide bonds. The molecule has 5 aliphatic rings. The highest BCUT2D eigenvalue weighted by Gasteiger charge is 2.58. The smallest absolute Gasteiger partial charge is 0.223 e. The summed E-state index contributed by atoms with van der Waals surface area (Å²) in [7, 11) is 0. The summed E-state index contributed by atoms with van der Waals surface area (Å²) in [6, 6.07) is 8.44. The Balaban J connectivity index is 1.51. The predicted octanol–water partition coefficient (Wildman–Crippen LogP) is 4.28. The van der Waals surface area contributed by atoms with Crippen molar-refractivity contribution in [2.24, 2.45) is 23.7 Å². The normalized spacial score (nSPS) is 38.6. The number of morpholine rings is 1. The number of carbonyl (C=O) groups excluding carboxylic acids is 1. The Morgan fingerprint density at radius 2 is 1.58 bits per heavy atom. The number of hydrogen-bond acceptors (Lipinski definition) is 2. The molecule has 26 heavy (non-hydrogen) atoms. The summed E-state index contributed by atoms with van der Waals surface area (Å²) in [4.78, 5) is 15.3. The minimum Gasteiger partial charge on any atom is -0.378 e. The molecule has 5 fully saturated rings. The molecule has 6 rings (SSSR count). The molecule has 4 heteroatoms. The van der Waals surface area contributed by atoms with Crippen LogP contribution in [0.2, 0.25) is 5.02 Å². The van der Waals surface area contributed by atoms with Gasteiger partial charge in [-0.25, -0.2) is 0 Å². The third kappa shape index (κ3) is 2.70. The van der Waals surface area contributed by atoms with Crippen LogP contribution in [0.3, 0.4) is 0 Å². The van der Waals surface area contributed by atoms with Crippen molar-refractivity contribution in [2.75, 3.05) is 26.3 Å². The molecule has 4 aliphatic carbocycles. The van der Waals surface area contributed by atoms with Crippen molar-refractivity contribution in [1.82, 2.24) is 4.90 Å². The molecule has 140 valence electrons. The first-order valence-electron chi connectivity index (χ1n) is 10.3. The second-order valence-corrected chi connectivity index (χ2v) is 9.46. The van der Waals surface area contributed by atoms with E-state index in [0.29, 0.717) is 37.4 Å². The second kappa shape index (κ2) is 6.53. The van der Waals surface area contributed by atoms with Gasteiger partial charge in [-0.3, -0.25) is 4.79 Å². The third-order valence-corrected chi connectivity index (χ3v) is 8.04. The van der Waals surface area contributed by atoms with E-state index < -0.39 is 0 Å². The molecule has 1 heterocycles. The van der Waals surface area contributed by atoms with Gasteiger partial charge in [0.1, 0.15) is 0 Å². The average molecular weight is 374 g/mol. The Morgan fingerprint density at radius 1 is 1.00 bits per heavy atom. The maximum atomic E-state index is 13.3. The molecule has 4 bridgehead atoms. The summed E-state index contributed by atoms with van der Waals surface area (Å²) >= 11 is 6.19. The van der Waals surface area contributed by atoms with Crippen LogP contribution in [0.25, 0.3) is 0 Å². The molecular weight excluding hydrogens is 346 g/mol. The third-order valence-electron chi connectivity index (χ3n) is 7.78. The Hall–Kier alpha value is -1.06. The first kappa shape index (κ1) is 17.1. The van der Waals surface area contributed by atoms with Crippen LogP contribution in [0.15, 0.2) is 24.3 Å². The van der Waals surface area contributed by atoms with Crippen molar-refractivity contribution >= 4 is 17.5 Å². The van der Waals surface area contributed by atoms with Crippen LogP contribution in [0, 0.1) is 23.7 Å². The number of nitrogens with zero attached hydrogens (tertiary/aromatic N) is 1. The summed E-state index contributed by atoms with van der Waals surface area (Å²) in [5.41, 5.74) is 1.38. The first-order chi connectivity index (χ1) is 12.6. The standard InChI is InChI=1S/C22H28ClNO2/c23-20-3-1-17(2-4-20)22(14-21(25)24-5-7-26-8-6-24)18-10-15-9-16(12-18)13-19(22)11-15/h1-4,15-16,18-19H,5-14H2.